The smallest absolute Gasteiger partial charge is 0.143 e. The summed E-state index contributed by atoms with van der Waals surface area (Å²) < 4.78 is 63.8. The van der Waals surface area contributed by atoms with Crippen molar-refractivity contribution in [3.63, 3.8) is 0 Å². The lowest BCUT2D eigenvalue weighted by Crippen LogP contribution is -1.91. The molecule has 0 saturated carbocycles. The Morgan fingerprint density at radius 2 is 0.862 bits per heavy atom. The molecule has 0 aliphatic rings. The first-order valence-corrected chi connectivity index (χ1v) is 21.6. The zero-order valence-corrected chi connectivity index (χ0v) is 34.8. The Morgan fingerprint density at radius 3 is 1.55 bits per heavy atom. The monoisotopic (exact) mass is 832 g/mol. The van der Waals surface area contributed by atoms with Crippen molar-refractivity contribution < 1.29 is 12.6 Å². The van der Waals surface area contributed by atoms with Gasteiger partial charge in [0.25, 0.3) is 0 Å². The molecule has 0 bridgehead atoms. The quantitative estimate of drug-likeness (QED) is 0.157. The zero-order chi connectivity index (χ0) is 48.1. The molecule has 3 heterocycles. The van der Waals surface area contributed by atoms with Crippen LogP contribution in [0.5, 0.6) is 0 Å². The highest BCUT2D eigenvalue weighted by molar-refractivity contribution is 6.14. The molecule has 0 radical (unpaired) electrons. The molecule has 3 nitrogen and oxygen atoms in total. The third kappa shape index (κ3) is 6.05. The maximum Gasteiger partial charge on any atom is 0.143 e. The minimum atomic E-state index is -0.439. The molecule has 0 aliphatic carbocycles. The van der Waals surface area contributed by atoms with Gasteiger partial charge < -0.3 is 4.42 Å². The molecule has 3 aromatic heterocycles. The summed E-state index contributed by atoms with van der Waals surface area (Å²) in [6, 6.07) is 61.0. The molecule has 0 saturated heterocycles. The maximum absolute atomic E-state index is 9.85. The molecule has 302 valence electrons. The number of pyridine rings is 2. The first kappa shape index (κ1) is 31.2. The molecule has 3 heteroatoms. The molecule has 13 aromatic rings. The normalized spacial score (nSPS) is 13.0. The van der Waals surface area contributed by atoms with Crippen LogP contribution in [0, 0.1) is 0 Å². The molecule has 0 aliphatic heterocycles. The van der Waals surface area contributed by atoms with Crippen LogP contribution in [0.3, 0.4) is 0 Å². The van der Waals surface area contributed by atoms with Crippen LogP contribution in [0.15, 0.2) is 235 Å². The fourth-order valence-electron chi connectivity index (χ4n) is 9.67. The Bertz CT molecular complexity index is 4380. The SMILES string of the molecule is [2H]c1c([2H])c([2H])c2c(-c3ccc4ccc5cccnc5c4n3)c([2H])c([2H])c(-c3cccc(-c4oc(-c5cccc6ccccc56)c(-c5cccc6ccccc56)c4-c4cccc5ccccc45)c3)c2c1[2H]. The van der Waals surface area contributed by atoms with Crippen molar-refractivity contribution in [2.24, 2.45) is 0 Å². The molecule has 10 aromatic carbocycles. The lowest BCUT2D eigenvalue weighted by molar-refractivity contribution is 0.599. The molecule has 0 amide bonds. The molecule has 13 rings (SSSR count). The first-order valence-electron chi connectivity index (χ1n) is 24.6. The van der Waals surface area contributed by atoms with E-state index in [4.69, 9.17) is 12.1 Å². The van der Waals surface area contributed by atoms with E-state index in [-0.39, 0.29) is 46.1 Å². The van der Waals surface area contributed by atoms with Crippen molar-refractivity contribution in [3.05, 3.63) is 231 Å². The van der Waals surface area contributed by atoms with Crippen LogP contribution in [-0.2, 0) is 0 Å². The molecule has 0 N–H and O–H groups in total. The van der Waals surface area contributed by atoms with Crippen LogP contribution in [0.4, 0.5) is 0 Å². The predicted molar refractivity (Wildman–Crippen MR) is 272 cm³/mol. The summed E-state index contributed by atoms with van der Waals surface area (Å²) >= 11 is 0. The van der Waals surface area contributed by atoms with Gasteiger partial charge in [0.15, 0.2) is 0 Å². The van der Waals surface area contributed by atoms with Gasteiger partial charge in [-0.2, -0.15) is 0 Å². The van der Waals surface area contributed by atoms with E-state index in [1.165, 1.54) is 0 Å². The van der Waals surface area contributed by atoms with Crippen molar-refractivity contribution in [2.45, 2.75) is 0 Å². The Labute approximate surface area is 384 Å². The molecule has 0 fully saturated rings. The second-order valence-electron chi connectivity index (χ2n) is 16.3. The maximum atomic E-state index is 9.85. The third-order valence-electron chi connectivity index (χ3n) is 12.7. The number of furan rings is 1. The fourth-order valence-corrected chi connectivity index (χ4v) is 9.67. The van der Waals surface area contributed by atoms with E-state index in [2.05, 4.69) is 102 Å². The molecule has 0 atom stereocenters. The van der Waals surface area contributed by atoms with Crippen LogP contribution in [0.25, 0.3) is 132 Å². The van der Waals surface area contributed by atoms with Gasteiger partial charge in [-0.3, -0.25) is 4.98 Å². The number of aromatic nitrogens is 2. The lowest BCUT2D eigenvalue weighted by Gasteiger charge is -2.14. The molecule has 0 unspecified atom stereocenters. The van der Waals surface area contributed by atoms with Crippen LogP contribution in [-0.4, -0.2) is 9.97 Å². The van der Waals surface area contributed by atoms with Crippen molar-refractivity contribution in [1.29, 1.82) is 0 Å². The van der Waals surface area contributed by atoms with Crippen molar-refractivity contribution >= 4 is 64.9 Å². The summed E-state index contributed by atoms with van der Waals surface area (Å²) in [5.41, 5.74) is 7.75. The first-order chi connectivity index (χ1) is 34.7. The Morgan fingerprint density at radius 1 is 0.354 bits per heavy atom. The fraction of sp³-hybridized carbons (Fsp3) is 0. The van der Waals surface area contributed by atoms with Gasteiger partial charge in [0, 0.05) is 44.8 Å². The van der Waals surface area contributed by atoms with Crippen LogP contribution < -0.4 is 0 Å². The second kappa shape index (κ2) is 15.0. The summed E-state index contributed by atoms with van der Waals surface area (Å²) in [6.45, 7) is 0. The summed E-state index contributed by atoms with van der Waals surface area (Å²) in [6.07, 6.45) is 1.70. The highest BCUT2D eigenvalue weighted by Crippen LogP contribution is 2.52. The number of fused-ring (bicyclic) bond motifs is 7. The Hall–Kier alpha value is -8.66. The molecule has 0 spiro atoms. The van der Waals surface area contributed by atoms with Gasteiger partial charge in [-0.25, -0.2) is 4.98 Å². The van der Waals surface area contributed by atoms with E-state index >= 15 is 0 Å². The standard InChI is InChI=1S/C62H38N2O/c1-4-23-46-39(14-1)17-10-28-53(46)57-58(54-29-11-18-40-15-2-5-24-47(40)54)62(55-30-12-19-41-16-3-6-25-48(41)55)65-61(57)45-21-9-20-44(38-45)49-34-35-52(51-27-8-7-26-50(49)51)56-36-33-43-32-31-42-22-13-37-63-59(42)60(43)64-56/h1-38H/i7D,8D,26D,27D,34D,35D. The van der Waals surface area contributed by atoms with Crippen molar-refractivity contribution in [2.75, 3.05) is 0 Å². The minimum absolute atomic E-state index is 0.114. The highest BCUT2D eigenvalue weighted by atomic mass is 16.3. The predicted octanol–water partition coefficient (Wildman–Crippen LogP) is 17.0. The third-order valence-corrected chi connectivity index (χ3v) is 12.7. The van der Waals surface area contributed by atoms with E-state index in [9.17, 15) is 5.48 Å². The number of nitrogens with zero attached hydrogens (tertiary/aromatic N) is 2. The zero-order valence-electron chi connectivity index (χ0n) is 40.8. The number of benzene rings is 10. The average molecular weight is 833 g/mol. The Balaban J connectivity index is 1.12. The highest BCUT2D eigenvalue weighted by Gasteiger charge is 2.28. The summed E-state index contributed by atoms with van der Waals surface area (Å²) in [5, 5.41) is 8.29. The number of hydrogen-bond acceptors (Lipinski definition) is 3. The Kier molecular flexibility index (Phi) is 7.21. The minimum Gasteiger partial charge on any atom is -0.455 e. The topological polar surface area (TPSA) is 38.9 Å². The van der Waals surface area contributed by atoms with Crippen LogP contribution in [0.1, 0.15) is 8.22 Å². The lowest BCUT2D eigenvalue weighted by atomic mass is 9.86. The van der Waals surface area contributed by atoms with Crippen molar-refractivity contribution in [1.82, 2.24) is 9.97 Å². The van der Waals surface area contributed by atoms with Gasteiger partial charge in [0.05, 0.1) is 25.0 Å². The van der Waals surface area contributed by atoms with Gasteiger partial charge in [0.1, 0.15) is 11.5 Å². The summed E-state index contributed by atoms with van der Waals surface area (Å²) in [5.74, 6) is 1.27. The van der Waals surface area contributed by atoms with E-state index in [0.29, 0.717) is 39.4 Å². The van der Waals surface area contributed by atoms with E-state index in [1.807, 2.05) is 84.9 Å². The van der Waals surface area contributed by atoms with Crippen LogP contribution in [0.2, 0.25) is 0 Å². The average Bonchev–Trinajstić information content (AvgIpc) is 3.81. The van der Waals surface area contributed by atoms with Gasteiger partial charge in [0.2, 0.25) is 0 Å². The van der Waals surface area contributed by atoms with Gasteiger partial charge in [-0.15, -0.1) is 0 Å². The van der Waals surface area contributed by atoms with Gasteiger partial charge in [-0.05, 0) is 83.5 Å². The number of rotatable bonds is 6. The van der Waals surface area contributed by atoms with Gasteiger partial charge in [-0.1, -0.05) is 206 Å². The van der Waals surface area contributed by atoms with E-state index < -0.39 is 12.1 Å². The van der Waals surface area contributed by atoms with Crippen LogP contribution >= 0.6 is 0 Å². The van der Waals surface area contributed by atoms with Crippen molar-refractivity contribution in [3.8, 4) is 67.3 Å². The van der Waals surface area contributed by atoms with E-state index in [1.54, 1.807) is 12.3 Å². The molecule has 65 heavy (non-hydrogen) atoms. The molecular formula is C62H38N2O. The summed E-state index contributed by atoms with van der Waals surface area (Å²) in [4.78, 5) is 9.66. The largest absolute Gasteiger partial charge is 0.455 e. The second-order valence-corrected chi connectivity index (χ2v) is 16.3. The van der Waals surface area contributed by atoms with E-state index in [0.717, 1.165) is 70.9 Å². The number of hydrogen-bond donors (Lipinski definition) is 0. The van der Waals surface area contributed by atoms with Gasteiger partial charge >= 0.3 is 0 Å². The molecular weight excluding hydrogens is 789 g/mol. The summed E-state index contributed by atoms with van der Waals surface area (Å²) in [7, 11) is 0.